The highest BCUT2D eigenvalue weighted by Gasteiger charge is 2.20. The molecule has 78 heavy (non-hydrogen) atoms. The lowest BCUT2D eigenvalue weighted by Gasteiger charge is -2.22. The number of unbranched alkanes of at least 4 members (excludes halogenated alkanes) is 49. The minimum atomic E-state index is -0.660. The third kappa shape index (κ3) is 63.3. The third-order valence-corrected chi connectivity index (χ3v) is 16.4. The summed E-state index contributed by atoms with van der Waals surface area (Å²) in [5.41, 5.74) is 0. The van der Waals surface area contributed by atoms with Crippen molar-refractivity contribution in [3.05, 3.63) is 36.5 Å². The van der Waals surface area contributed by atoms with Crippen LogP contribution in [0, 0.1) is 0 Å². The number of allylic oxidation sites excluding steroid dienone is 6. The number of esters is 1. The SMILES string of the molecule is CCC/C=C\C/C=C\CCCCCCCC(=O)OCCCCCCCCCCCCCCCCCC/C=C\CCCCCCCCCCCCCCCCCCCC(=O)NC(CO)C(O)CCCCCCCCCCCCC. The van der Waals surface area contributed by atoms with E-state index in [9.17, 15) is 19.8 Å². The molecule has 0 aliphatic heterocycles. The summed E-state index contributed by atoms with van der Waals surface area (Å²) < 4.78 is 5.48. The number of carbonyl (C=O) groups is 2. The molecule has 0 heterocycles. The molecule has 0 aromatic carbocycles. The first-order valence-electron chi connectivity index (χ1n) is 35.2. The normalized spacial score (nSPS) is 12.7. The average molecular weight is 1100 g/mol. The van der Waals surface area contributed by atoms with E-state index in [1.54, 1.807) is 0 Å². The highest BCUT2D eigenvalue weighted by Crippen LogP contribution is 2.19. The van der Waals surface area contributed by atoms with Gasteiger partial charge in [0, 0.05) is 12.8 Å². The number of carbonyl (C=O) groups excluding carboxylic acids is 2. The summed E-state index contributed by atoms with van der Waals surface area (Å²) in [5, 5.41) is 23.2. The Morgan fingerprint density at radius 2 is 0.667 bits per heavy atom. The van der Waals surface area contributed by atoms with E-state index in [1.807, 2.05) is 0 Å². The van der Waals surface area contributed by atoms with Crippen molar-refractivity contribution in [2.75, 3.05) is 13.2 Å². The molecule has 0 aromatic heterocycles. The lowest BCUT2D eigenvalue weighted by molar-refractivity contribution is -0.143. The van der Waals surface area contributed by atoms with Crippen LogP contribution in [-0.4, -0.2) is 47.4 Å². The second-order valence-electron chi connectivity index (χ2n) is 24.2. The number of hydrogen-bond donors (Lipinski definition) is 3. The molecule has 0 saturated carbocycles. The van der Waals surface area contributed by atoms with Crippen LogP contribution in [0.4, 0.5) is 0 Å². The monoisotopic (exact) mass is 1100 g/mol. The Morgan fingerprint density at radius 1 is 0.359 bits per heavy atom. The molecule has 6 nitrogen and oxygen atoms in total. The molecule has 3 N–H and O–H groups in total. The van der Waals surface area contributed by atoms with Gasteiger partial charge >= 0.3 is 5.97 Å². The van der Waals surface area contributed by atoms with Crippen LogP contribution in [0.1, 0.15) is 386 Å². The Balaban J connectivity index is 3.31. The molecule has 6 heteroatoms. The van der Waals surface area contributed by atoms with Gasteiger partial charge in [0.1, 0.15) is 0 Å². The van der Waals surface area contributed by atoms with Crippen molar-refractivity contribution in [3.8, 4) is 0 Å². The quantitative estimate of drug-likeness (QED) is 0.0320. The van der Waals surface area contributed by atoms with Gasteiger partial charge in [-0.15, -0.1) is 0 Å². The fraction of sp³-hybridized carbons (Fsp3) is 0.889. The van der Waals surface area contributed by atoms with E-state index in [1.165, 1.54) is 302 Å². The average Bonchev–Trinajstić information content (AvgIpc) is 3.44. The lowest BCUT2D eigenvalue weighted by atomic mass is 10.0. The van der Waals surface area contributed by atoms with E-state index in [2.05, 4.69) is 55.6 Å². The van der Waals surface area contributed by atoms with E-state index in [4.69, 9.17) is 4.74 Å². The zero-order valence-electron chi connectivity index (χ0n) is 52.7. The number of hydrogen-bond acceptors (Lipinski definition) is 5. The minimum Gasteiger partial charge on any atom is -0.466 e. The molecule has 0 rings (SSSR count). The summed E-state index contributed by atoms with van der Waals surface area (Å²) in [5.74, 6) is -0.0243. The second kappa shape index (κ2) is 67.6. The highest BCUT2D eigenvalue weighted by atomic mass is 16.5. The van der Waals surface area contributed by atoms with Gasteiger partial charge in [-0.1, -0.05) is 333 Å². The Bertz CT molecular complexity index is 1260. The Labute approximate surface area is 487 Å². The number of ether oxygens (including phenoxy) is 1. The Kier molecular flexibility index (Phi) is 65.9. The largest absolute Gasteiger partial charge is 0.466 e. The fourth-order valence-electron chi connectivity index (χ4n) is 11.0. The number of nitrogens with one attached hydrogen (secondary N) is 1. The van der Waals surface area contributed by atoms with Gasteiger partial charge in [-0.2, -0.15) is 0 Å². The van der Waals surface area contributed by atoms with Gasteiger partial charge in [0.25, 0.3) is 0 Å². The third-order valence-electron chi connectivity index (χ3n) is 16.4. The second-order valence-corrected chi connectivity index (χ2v) is 24.2. The predicted octanol–water partition coefficient (Wildman–Crippen LogP) is 22.7. The van der Waals surface area contributed by atoms with Gasteiger partial charge in [-0.3, -0.25) is 9.59 Å². The molecule has 0 aromatic rings. The van der Waals surface area contributed by atoms with E-state index in [0.717, 1.165) is 51.4 Å². The zero-order chi connectivity index (χ0) is 56.4. The van der Waals surface area contributed by atoms with Crippen molar-refractivity contribution in [2.24, 2.45) is 0 Å². The molecule has 0 fully saturated rings. The zero-order valence-corrected chi connectivity index (χ0v) is 52.7. The predicted molar refractivity (Wildman–Crippen MR) is 343 cm³/mol. The first-order valence-corrected chi connectivity index (χ1v) is 35.2. The van der Waals surface area contributed by atoms with Gasteiger partial charge in [-0.05, 0) is 77.0 Å². The van der Waals surface area contributed by atoms with Gasteiger partial charge in [-0.25, -0.2) is 0 Å². The van der Waals surface area contributed by atoms with Gasteiger partial charge in [0.2, 0.25) is 5.91 Å². The summed E-state index contributed by atoms with van der Waals surface area (Å²) in [6, 6.07) is -0.537. The summed E-state index contributed by atoms with van der Waals surface area (Å²) in [6.07, 6.45) is 86.5. The molecule has 460 valence electrons. The molecule has 0 aliphatic rings. The number of amides is 1. The van der Waals surface area contributed by atoms with Crippen LogP contribution < -0.4 is 5.32 Å². The Hall–Kier alpha value is -1.92. The van der Waals surface area contributed by atoms with Crippen molar-refractivity contribution in [2.45, 2.75) is 398 Å². The van der Waals surface area contributed by atoms with Gasteiger partial charge in [0.15, 0.2) is 0 Å². The molecule has 0 aliphatic carbocycles. The topological polar surface area (TPSA) is 95.9 Å². The molecule has 2 unspecified atom stereocenters. The summed E-state index contributed by atoms with van der Waals surface area (Å²) in [4.78, 5) is 24.5. The molecule has 0 bridgehead atoms. The Morgan fingerprint density at radius 3 is 1.04 bits per heavy atom. The van der Waals surface area contributed by atoms with Crippen LogP contribution in [0.15, 0.2) is 36.5 Å². The summed E-state index contributed by atoms with van der Waals surface area (Å²) >= 11 is 0. The van der Waals surface area contributed by atoms with Gasteiger partial charge in [0.05, 0.1) is 25.4 Å². The smallest absolute Gasteiger partial charge is 0.305 e. The minimum absolute atomic E-state index is 0.00613. The molecular weight excluding hydrogens is 959 g/mol. The fourth-order valence-corrected chi connectivity index (χ4v) is 11.0. The van der Waals surface area contributed by atoms with Crippen molar-refractivity contribution in [3.63, 3.8) is 0 Å². The number of aliphatic hydroxyl groups is 2. The van der Waals surface area contributed by atoms with Crippen molar-refractivity contribution < 1.29 is 24.5 Å². The standard InChI is InChI=1S/C72H137NO5/c1-3-5-7-9-11-13-15-41-46-50-54-58-62-66-72(77)78-67-63-59-55-51-47-43-40-38-36-34-32-30-28-26-24-22-20-18-16-17-19-21-23-25-27-29-31-33-35-37-39-42-45-49-53-57-61-65-71(76)73-69(68-74)70(75)64-60-56-52-48-44-14-12-10-8-6-4-2/h7,9,13,15-16,18,69-70,74-75H,3-6,8,10-12,14,17,19-68H2,1-2H3,(H,73,76)/b9-7-,15-13-,18-16-. The van der Waals surface area contributed by atoms with Crippen LogP contribution in [0.3, 0.4) is 0 Å². The van der Waals surface area contributed by atoms with Crippen LogP contribution in [-0.2, 0) is 14.3 Å². The van der Waals surface area contributed by atoms with Crippen LogP contribution in [0.2, 0.25) is 0 Å². The first kappa shape index (κ1) is 76.1. The summed E-state index contributed by atoms with van der Waals surface area (Å²) in [6.45, 7) is 4.90. The van der Waals surface area contributed by atoms with Crippen LogP contribution >= 0.6 is 0 Å². The number of aliphatic hydroxyl groups excluding tert-OH is 2. The van der Waals surface area contributed by atoms with Gasteiger partial charge < -0.3 is 20.3 Å². The lowest BCUT2D eigenvalue weighted by Crippen LogP contribution is -2.45. The molecular formula is C72H137NO5. The molecule has 0 saturated heterocycles. The molecule has 0 spiro atoms. The molecule has 1 amide bonds. The maximum absolute atomic E-state index is 12.5. The van der Waals surface area contributed by atoms with E-state index in [-0.39, 0.29) is 18.5 Å². The van der Waals surface area contributed by atoms with E-state index >= 15 is 0 Å². The van der Waals surface area contributed by atoms with Crippen molar-refractivity contribution >= 4 is 11.9 Å². The van der Waals surface area contributed by atoms with Crippen molar-refractivity contribution in [1.29, 1.82) is 0 Å². The summed E-state index contributed by atoms with van der Waals surface area (Å²) in [7, 11) is 0. The highest BCUT2D eigenvalue weighted by molar-refractivity contribution is 5.76. The van der Waals surface area contributed by atoms with E-state index < -0.39 is 12.1 Å². The van der Waals surface area contributed by atoms with Crippen LogP contribution in [0.5, 0.6) is 0 Å². The number of rotatable bonds is 66. The van der Waals surface area contributed by atoms with Crippen LogP contribution in [0.25, 0.3) is 0 Å². The molecule has 2 atom stereocenters. The van der Waals surface area contributed by atoms with E-state index in [0.29, 0.717) is 25.9 Å². The maximum Gasteiger partial charge on any atom is 0.305 e. The maximum atomic E-state index is 12.5. The first-order chi connectivity index (χ1) is 38.5. The molecule has 0 radical (unpaired) electrons. The van der Waals surface area contributed by atoms with Crippen molar-refractivity contribution in [1.82, 2.24) is 5.32 Å².